The van der Waals surface area contributed by atoms with E-state index < -0.39 is 5.97 Å². The highest BCUT2D eigenvalue weighted by atomic mass is 32.2. The average molecular weight is 204 g/mol. The van der Waals surface area contributed by atoms with Crippen LogP contribution in [0, 0.1) is 11.8 Å². The Balaban J connectivity index is 2.13. The normalized spacial score (nSPS) is 18.1. The van der Waals surface area contributed by atoms with Crippen molar-refractivity contribution in [2.24, 2.45) is 0 Å². The van der Waals surface area contributed by atoms with E-state index >= 15 is 0 Å². The van der Waals surface area contributed by atoms with Crippen LogP contribution in [0.15, 0.2) is 29.2 Å². The minimum atomic E-state index is -1.05. The molecule has 0 saturated heterocycles. The summed E-state index contributed by atoms with van der Waals surface area (Å²) in [6.07, 6.45) is 0.848. The van der Waals surface area contributed by atoms with Crippen molar-refractivity contribution in [1.82, 2.24) is 0 Å². The van der Waals surface area contributed by atoms with Crippen molar-refractivity contribution in [3.8, 4) is 11.8 Å². The quantitative estimate of drug-likeness (QED) is 0.655. The average Bonchev–Trinajstić information content (AvgIpc) is 2.57. The Labute approximate surface area is 86.3 Å². The fraction of sp³-hybridized carbons (Fsp3) is 0.182. The molecule has 1 aromatic rings. The molecule has 0 spiro atoms. The molecule has 0 saturated carbocycles. The van der Waals surface area contributed by atoms with E-state index in [1.807, 2.05) is 18.2 Å². The summed E-state index contributed by atoms with van der Waals surface area (Å²) in [6, 6.07) is 8.08. The van der Waals surface area contributed by atoms with Crippen LogP contribution in [0.3, 0.4) is 0 Å². The number of carboxylic acids is 1. The van der Waals surface area contributed by atoms with Gasteiger partial charge in [0.25, 0.3) is 0 Å². The van der Waals surface area contributed by atoms with Gasteiger partial charge < -0.3 is 5.11 Å². The topological polar surface area (TPSA) is 37.3 Å². The molecule has 14 heavy (non-hydrogen) atoms. The minimum Gasteiger partial charge on any atom is -0.472 e. The smallest absolute Gasteiger partial charge is 0.381 e. The van der Waals surface area contributed by atoms with Gasteiger partial charge in [0.05, 0.1) is 5.25 Å². The Hall–Kier alpha value is -1.40. The molecule has 1 aliphatic heterocycles. The number of carbonyl (C=O) groups is 1. The van der Waals surface area contributed by atoms with Gasteiger partial charge >= 0.3 is 5.97 Å². The highest BCUT2D eigenvalue weighted by Gasteiger charge is 2.19. The molecule has 3 heteroatoms. The molecular formula is C11H8O2S. The molecule has 70 valence electrons. The third-order valence-electron chi connectivity index (χ3n) is 1.99. The lowest BCUT2D eigenvalue weighted by molar-refractivity contribution is -0.130. The van der Waals surface area contributed by atoms with E-state index in [0.29, 0.717) is 0 Å². The summed E-state index contributed by atoms with van der Waals surface area (Å²) >= 11 is 1.64. The van der Waals surface area contributed by atoms with Crippen molar-refractivity contribution in [1.29, 1.82) is 0 Å². The van der Waals surface area contributed by atoms with Gasteiger partial charge in [0, 0.05) is 10.8 Å². The van der Waals surface area contributed by atoms with E-state index in [4.69, 9.17) is 5.11 Å². The van der Waals surface area contributed by atoms with Gasteiger partial charge in [-0.3, -0.25) is 0 Å². The van der Waals surface area contributed by atoms with Crippen molar-refractivity contribution in [2.75, 3.05) is 0 Å². The molecule has 1 atom stereocenters. The number of rotatable bonds is 0. The lowest BCUT2D eigenvalue weighted by Crippen LogP contribution is -1.97. The molecule has 1 aromatic carbocycles. The van der Waals surface area contributed by atoms with Gasteiger partial charge in [-0.2, -0.15) is 0 Å². The standard InChI is InChI=1S/C11H8O2S/c12-11(13)6-5-9-7-8-3-1-2-4-10(8)14-9/h1-4,9H,7H2,(H,12,13). The lowest BCUT2D eigenvalue weighted by Gasteiger charge is -1.94. The lowest BCUT2D eigenvalue weighted by atomic mass is 10.1. The van der Waals surface area contributed by atoms with E-state index in [9.17, 15) is 4.79 Å². The van der Waals surface area contributed by atoms with Crippen LogP contribution >= 0.6 is 11.8 Å². The van der Waals surface area contributed by atoms with Crippen molar-refractivity contribution in [3.63, 3.8) is 0 Å². The predicted molar refractivity (Wildman–Crippen MR) is 55.2 cm³/mol. The van der Waals surface area contributed by atoms with Gasteiger partial charge in [-0.25, -0.2) is 4.79 Å². The maximum Gasteiger partial charge on any atom is 0.381 e. The number of carboxylic acid groups (broad SMARTS) is 1. The van der Waals surface area contributed by atoms with Crippen LogP contribution in [0.25, 0.3) is 0 Å². The first kappa shape index (κ1) is 9.17. The summed E-state index contributed by atoms with van der Waals surface area (Å²) in [5.74, 6) is 3.86. The Morgan fingerprint density at radius 2 is 2.29 bits per heavy atom. The molecule has 1 heterocycles. The third-order valence-corrected chi connectivity index (χ3v) is 3.21. The summed E-state index contributed by atoms with van der Waals surface area (Å²) in [5.41, 5.74) is 1.27. The summed E-state index contributed by atoms with van der Waals surface area (Å²) in [6.45, 7) is 0. The molecule has 0 bridgehead atoms. The van der Waals surface area contributed by atoms with E-state index in [-0.39, 0.29) is 5.25 Å². The molecule has 1 unspecified atom stereocenters. The maximum atomic E-state index is 10.2. The van der Waals surface area contributed by atoms with E-state index in [2.05, 4.69) is 17.9 Å². The molecule has 1 N–H and O–H groups in total. The number of aliphatic carboxylic acids is 1. The van der Waals surface area contributed by atoms with Gasteiger partial charge in [0.15, 0.2) is 0 Å². The third kappa shape index (κ3) is 1.91. The monoisotopic (exact) mass is 204 g/mol. The fourth-order valence-corrected chi connectivity index (χ4v) is 2.55. The summed E-state index contributed by atoms with van der Waals surface area (Å²) in [7, 11) is 0. The molecule has 2 nitrogen and oxygen atoms in total. The Bertz CT molecular complexity index is 403. The molecule has 1 aliphatic rings. The number of hydrogen-bond acceptors (Lipinski definition) is 2. The zero-order valence-corrected chi connectivity index (χ0v) is 8.17. The molecule has 0 radical (unpaired) electrons. The first-order valence-electron chi connectivity index (χ1n) is 4.25. The van der Waals surface area contributed by atoms with Gasteiger partial charge in [-0.05, 0) is 18.1 Å². The van der Waals surface area contributed by atoms with Crippen LogP contribution < -0.4 is 0 Å². The van der Waals surface area contributed by atoms with E-state index in [0.717, 1.165) is 6.42 Å². The largest absolute Gasteiger partial charge is 0.472 e. The second-order valence-electron chi connectivity index (χ2n) is 2.99. The Kier molecular flexibility index (Phi) is 2.47. The highest BCUT2D eigenvalue weighted by Crippen LogP contribution is 2.36. The number of thioether (sulfide) groups is 1. The van der Waals surface area contributed by atoms with Gasteiger partial charge in [-0.1, -0.05) is 24.1 Å². The predicted octanol–water partition coefficient (Wildman–Crippen LogP) is 1.79. The van der Waals surface area contributed by atoms with Gasteiger partial charge in [0.1, 0.15) is 0 Å². The molecule has 0 amide bonds. The Morgan fingerprint density at radius 3 is 3.00 bits per heavy atom. The van der Waals surface area contributed by atoms with Crippen LogP contribution in [-0.4, -0.2) is 16.3 Å². The van der Waals surface area contributed by atoms with Crippen molar-refractivity contribution >= 4 is 17.7 Å². The van der Waals surface area contributed by atoms with Gasteiger partial charge in [0.2, 0.25) is 0 Å². The van der Waals surface area contributed by atoms with Crippen molar-refractivity contribution in [2.45, 2.75) is 16.6 Å². The van der Waals surface area contributed by atoms with Crippen molar-refractivity contribution in [3.05, 3.63) is 29.8 Å². The molecule has 2 rings (SSSR count). The highest BCUT2D eigenvalue weighted by molar-refractivity contribution is 8.00. The number of fused-ring (bicyclic) bond motifs is 1. The van der Waals surface area contributed by atoms with Crippen molar-refractivity contribution < 1.29 is 9.90 Å². The number of hydrogen-bond donors (Lipinski definition) is 1. The second-order valence-corrected chi connectivity index (χ2v) is 4.24. The minimum absolute atomic E-state index is 0.100. The van der Waals surface area contributed by atoms with Crippen LogP contribution in [0.4, 0.5) is 0 Å². The number of benzene rings is 1. The molecule has 0 aliphatic carbocycles. The van der Waals surface area contributed by atoms with Crippen LogP contribution in [-0.2, 0) is 11.2 Å². The molecule has 0 fully saturated rings. The van der Waals surface area contributed by atoms with Crippen LogP contribution in [0.2, 0.25) is 0 Å². The second kappa shape index (κ2) is 3.77. The zero-order chi connectivity index (χ0) is 9.97. The van der Waals surface area contributed by atoms with E-state index in [1.165, 1.54) is 10.5 Å². The van der Waals surface area contributed by atoms with Crippen LogP contribution in [0.1, 0.15) is 5.56 Å². The zero-order valence-electron chi connectivity index (χ0n) is 7.36. The van der Waals surface area contributed by atoms with E-state index in [1.54, 1.807) is 11.8 Å². The van der Waals surface area contributed by atoms with Gasteiger partial charge in [-0.15, -0.1) is 11.8 Å². The van der Waals surface area contributed by atoms with Crippen LogP contribution in [0.5, 0.6) is 0 Å². The molecule has 0 aromatic heterocycles. The SMILES string of the molecule is O=C(O)C#CC1Cc2ccccc2S1. The first-order chi connectivity index (χ1) is 6.75. The summed E-state index contributed by atoms with van der Waals surface area (Å²) in [5, 5.41) is 8.51. The Morgan fingerprint density at radius 1 is 1.50 bits per heavy atom. The first-order valence-corrected chi connectivity index (χ1v) is 5.13. The summed E-state index contributed by atoms with van der Waals surface area (Å²) < 4.78 is 0. The fourth-order valence-electron chi connectivity index (χ4n) is 1.40. The molecular weight excluding hydrogens is 196 g/mol. The maximum absolute atomic E-state index is 10.2. The summed E-state index contributed by atoms with van der Waals surface area (Å²) in [4.78, 5) is 11.5.